The topological polar surface area (TPSA) is 63.5 Å². The molecule has 0 N–H and O–H groups in total. The summed E-state index contributed by atoms with van der Waals surface area (Å²) in [6, 6.07) is 12.1. The van der Waals surface area contributed by atoms with E-state index in [1.54, 1.807) is 17.9 Å². The summed E-state index contributed by atoms with van der Waals surface area (Å²) >= 11 is 0. The molecule has 1 amide bonds. The predicted molar refractivity (Wildman–Crippen MR) is 86.4 cm³/mol. The first-order valence-corrected chi connectivity index (χ1v) is 7.08. The molecule has 0 bridgehead atoms. The smallest absolute Gasteiger partial charge is 0.272 e. The Morgan fingerprint density at radius 1 is 1.14 bits per heavy atom. The summed E-state index contributed by atoms with van der Waals surface area (Å²) in [5.41, 5.74) is 2.82. The summed E-state index contributed by atoms with van der Waals surface area (Å²) in [4.78, 5) is 24.8. The molecule has 5 nitrogen and oxygen atoms in total. The largest absolute Gasteiger partial charge is 0.308 e. The lowest BCUT2D eigenvalue weighted by Crippen LogP contribution is -2.31. The third-order valence-corrected chi connectivity index (χ3v) is 3.61. The van der Waals surface area contributed by atoms with Crippen LogP contribution in [0.4, 0.5) is 11.4 Å². The third-order valence-electron chi connectivity index (χ3n) is 3.61. The van der Waals surface area contributed by atoms with Crippen molar-refractivity contribution in [2.45, 2.75) is 20.8 Å². The molecule has 0 aliphatic rings. The molecule has 114 valence electrons. The number of aryl methyl sites for hydroxylation is 2. The summed E-state index contributed by atoms with van der Waals surface area (Å²) in [5, 5.41) is 10.9. The summed E-state index contributed by atoms with van der Waals surface area (Å²) in [7, 11) is 0. The quantitative estimate of drug-likeness (QED) is 0.635. The fourth-order valence-electron chi connectivity index (χ4n) is 2.44. The Morgan fingerprint density at radius 2 is 1.82 bits per heavy atom. The Kier molecular flexibility index (Phi) is 4.56. The minimum absolute atomic E-state index is 0.0236. The van der Waals surface area contributed by atoms with E-state index in [9.17, 15) is 14.9 Å². The number of carbonyl (C=O) groups excluding carboxylic acids is 1. The van der Waals surface area contributed by atoms with E-state index >= 15 is 0 Å². The summed E-state index contributed by atoms with van der Waals surface area (Å²) in [5.74, 6) is -0.158. The van der Waals surface area contributed by atoms with E-state index in [4.69, 9.17) is 0 Å². The number of rotatable bonds is 4. The Morgan fingerprint density at radius 3 is 2.36 bits per heavy atom. The minimum Gasteiger partial charge on any atom is -0.308 e. The highest BCUT2D eigenvalue weighted by atomic mass is 16.6. The van der Waals surface area contributed by atoms with Crippen molar-refractivity contribution in [3.05, 3.63) is 69.3 Å². The second kappa shape index (κ2) is 6.39. The Balaban J connectivity index is 2.39. The maximum atomic E-state index is 12.7. The molecule has 0 aliphatic carbocycles. The van der Waals surface area contributed by atoms with Crippen LogP contribution in [-0.4, -0.2) is 17.4 Å². The number of nitro benzene ring substituents is 1. The molecule has 0 spiro atoms. The predicted octanol–water partition coefficient (Wildman–Crippen LogP) is 3.88. The molecule has 2 rings (SSSR count). The fraction of sp³-hybridized carbons (Fsp3) is 0.235. The molecule has 0 aliphatic heterocycles. The number of nitrogens with zero attached hydrogens (tertiary/aromatic N) is 2. The van der Waals surface area contributed by atoms with Gasteiger partial charge in [0.1, 0.15) is 0 Å². The normalized spacial score (nSPS) is 10.3. The van der Waals surface area contributed by atoms with Gasteiger partial charge in [-0.1, -0.05) is 18.2 Å². The van der Waals surface area contributed by atoms with Gasteiger partial charge in [-0.15, -0.1) is 0 Å². The van der Waals surface area contributed by atoms with Crippen molar-refractivity contribution in [2.75, 3.05) is 11.4 Å². The van der Waals surface area contributed by atoms with Crippen LogP contribution in [-0.2, 0) is 0 Å². The highest BCUT2D eigenvalue weighted by Crippen LogP contribution is 2.24. The van der Waals surface area contributed by atoms with E-state index in [2.05, 4.69) is 0 Å². The molecule has 0 unspecified atom stereocenters. The average Bonchev–Trinajstić information content (AvgIpc) is 2.49. The van der Waals surface area contributed by atoms with E-state index < -0.39 is 4.92 Å². The second-order valence-electron chi connectivity index (χ2n) is 5.09. The van der Waals surface area contributed by atoms with Gasteiger partial charge in [0.15, 0.2) is 0 Å². The van der Waals surface area contributed by atoms with Crippen LogP contribution >= 0.6 is 0 Å². The molecule has 0 radical (unpaired) electrons. The van der Waals surface area contributed by atoms with Crippen LogP contribution < -0.4 is 4.90 Å². The lowest BCUT2D eigenvalue weighted by atomic mass is 10.1. The molecule has 5 heteroatoms. The summed E-state index contributed by atoms with van der Waals surface area (Å²) in [6.07, 6.45) is 0. The van der Waals surface area contributed by atoms with Crippen molar-refractivity contribution in [1.82, 2.24) is 0 Å². The van der Waals surface area contributed by atoms with Crippen LogP contribution in [0.15, 0.2) is 42.5 Å². The van der Waals surface area contributed by atoms with Crippen molar-refractivity contribution in [3.8, 4) is 0 Å². The maximum Gasteiger partial charge on any atom is 0.272 e. The summed E-state index contributed by atoms with van der Waals surface area (Å²) in [6.45, 7) is 6.02. The Hall–Kier alpha value is -2.69. The standard InChI is InChI=1S/C17H18N2O3/c1-4-18(15-8-6-5-7-12(15)2)17(20)14-9-10-16(19(21)22)13(3)11-14/h5-11H,4H2,1-3H3. The Bertz CT molecular complexity index is 726. The minimum atomic E-state index is -0.442. The second-order valence-corrected chi connectivity index (χ2v) is 5.09. The number of para-hydroxylation sites is 1. The van der Waals surface area contributed by atoms with E-state index in [-0.39, 0.29) is 11.6 Å². The van der Waals surface area contributed by atoms with Crippen LogP contribution in [0.5, 0.6) is 0 Å². The van der Waals surface area contributed by atoms with Gasteiger partial charge in [0.25, 0.3) is 11.6 Å². The molecule has 0 atom stereocenters. The van der Waals surface area contributed by atoms with Gasteiger partial charge in [0.2, 0.25) is 0 Å². The van der Waals surface area contributed by atoms with Crippen LogP contribution in [0.2, 0.25) is 0 Å². The number of hydrogen-bond acceptors (Lipinski definition) is 3. The molecule has 22 heavy (non-hydrogen) atoms. The maximum absolute atomic E-state index is 12.7. The molecule has 2 aromatic carbocycles. The SMILES string of the molecule is CCN(C(=O)c1ccc([N+](=O)[O-])c(C)c1)c1ccccc1C. The van der Waals surface area contributed by atoms with Crippen LogP contribution in [0, 0.1) is 24.0 Å². The number of amides is 1. The van der Waals surface area contributed by atoms with Crippen molar-refractivity contribution in [2.24, 2.45) is 0 Å². The highest BCUT2D eigenvalue weighted by molar-refractivity contribution is 6.06. The van der Waals surface area contributed by atoms with Gasteiger partial charge in [0.05, 0.1) is 4.92 Å². The molecule has 0 fully saturated rings. The van der Waals surface area contributed by atoms with Crippen LogP contribution in [0.3, 0.4) is 0 Å². The van der Waals surface area contributed by atoms with Gasteiger partial charge < -0.3 is 4.90 Å². The van der Waals surface area contributed by atoms with Gasteiger partial charge in [0, 0.05) is 29.4 Å². The first-order valence-electron chi connectivity index (χ1n) is 7.08. The molecule has 0 saturated carbocycles. The van der Waals surface area contributed by atoms with Gasteiger partial charge in [-0.25, -0.2) is 0 Å². The average molecular weight is 298 g/mol. The first-order chi connectivity index (χ1) is 10.5. The van der Waals surface area contributed by atoms with E-state index in [1.165, 1.54) is 12.1 Å². The summed E-state index contributed by atoms with van der Waals surface area (Å²) < 4.78 is 0. The van der Waals surface area contributed by atoms with Crippen LogP contribution in [0.25, 0.3) is 0 Å². The van der Waals surface area contributed by atoms with Gasteiger partial charge in [-0.2, -0.15) is 0 Å². The molecule has 0 aromatic heterocycles. The lowest BCUT2D eigenvalue weighted by molar-refractivity contribution is -0.385. The fourth-order valence-corrected chi connectivity index (χ4v) is 2.44. The van der Waals surface area contributed by atoms with Crippen molar-refractivity contribution >= 4 is 17.3 Å². The number of carbonyl (C=O) groups is 1. The highest BCUT2D eigenvalue weighted by Gasteiger charge is 2.20. The zero-order valence-electron chi connectivity index (χ0n) is 12.9. The van der Waals surface area contributed by atoms with E-state index in [1.807, 2.05) is 38.1 Å². The van der Waals surface area contributed by atoms with Gasteiger partial charge in [-0.05, 0) is 44.5 Å². The van der Waals surface area contributed by atoms with Crippen LogP contribution in [0.1, 0.15) is 28.4 Å². The zero-order valence-corrected chi connectivity index (χ0v) is 12.9. The Labute approximate surface area is 129 Å². The van der Waals surface area contributed by atoms with E-state index in [0.717, 1.165) is 11.3 Å². The molecule has 2 aromatic rings. The molecule has 0 saturated heterocycles. The van der Waals surface area contributed by atoms with Crippen molar-refractivity contribution in [1.29, 1.82) is 0 Å². The molecular formula is C17H18N2O3. The zero-order chi connectivity index (χ0) is 16.3. The third kappa shape index (κ3) is 2.98. The van der Waals surface area contributed by atoms with E-state index in [0.29, 0.717) is 17.7 Å². The molecular weight excluding hydrogens is 280 g/mol. The number of benzene rings is 2. The number of hydrogen-bond donors (Lipinski definition) is 0. The van der Waals surface area contributed by atoms with Crippen molar-refractivity contribution in [3.63, 3.8) is 0 Å². The number of anilines is 1. The monoisotopic (exact) mass is 298 g/mol. The first kappa shape index (κ1) is 15.7. The molecule has 0 heterocycles. The van der Waals surface area contributed by atoms with Crippen molar-refractivity contribution < 1.29 is 9.72 Å². The lowest BCUT2D eigenvalue weighted by Gasteiger charge is -2.23. The van der Waals surface area contributed by atoms with Gasteiger partial charge in [-0.3, -0.25) is 14.9 Å². The number of nitro groups is 1. The van der Waals surface area contributed by atoms with Gasteiger partial charge >= 0.3 is 0 Å².